The van der Waals surface area contributed by atoms with Gasteiger partial charge in [0.2, 0.25) is 0 Å². The zero-order valence-corrected chi connectivity index (χ0v) is 17.2. The summed E-state index contributed by atoms with van der Waals surface area (Å²) in [4.78, 5) is 24.2. The van der Waals surface area contributed by atoms with Crippen LogP contribution in [0.15, 0.2) is 24.3 Å². The Morgan fingerprint density at radius 1 is 1.28 bits per heavy atom. The first-order chi connectivity index (χ1) is 13.9. The van der Waals surface area contributed by atoms with Crippen molar-refractivity contribution in [1.29, 1.82) is 5.26 Å². The van der Waals surface area contributed by atoms with Crippen LogP contribution in [-0.2, 0) is 19.0 Å². The normalized spacial score (nSPS) is 21.4. The van der Waals surface area contributed by atoms with Crippen LogP contribution in [0.25, 0.3) is 11.0 Å². The Hall–Kier alpha value is -2.76. The van der Waals surface area contributed by atoms with Gasteiger partial charge in [-0.15, -0.1) is 0 Å². The van der Waals surface area contributed by atoms with Crippen LogP contribution < -0.4 is 4.90 Å². The Morgan fingerprint density at radius 2 is 1.90 bits per heavy atom. The third kappa shape index (κ3) is 4.81. The third-order valence-corrected chi connectivity index (χ3v) is 4.65. The van der Waals surface area contributed by atoms with Crippen molar-refractivity contribution in [3.63, 3.8) is 0 Å². The number of hydrogen-bond acceptors (Lipinski definition) is 8. The van der Waals surface area contributed by atoms with E-state index in [1.165, 1.54) is 7.11 Å². The molecule has 1 saturated heterocycles. The van der Waals surface area contributed by atoms with Crippen LogP contribution in [0.3, 0.4) is 0 Å². The Bertz CT molecular complexity index is 903. The van der Waals surface area contributed by atoms with Gasteiger partial charge in [-0.1, -0.05) is 12.1 Å². The highest BCUT2D eigenvalue weighted by Crippen LogP contribution is 2.30. The Labute approximate surface area is 170 Å². The van der Waals surface area contributed by atoms with Crippen molar-refractivity contribution >= 4 is 22.8 Å². The molecule has 1 aliphatic heterocycles. The van der Waals surface area contributed by atoms with E-state index in [1.54, 1.807) is 6.92 Å². The first kappa shape index (κ1) is 21.0. The predicted octanol–water partition coefficient (Wildman–Crippen LogP) is 2.43. The van der Waals surface area contributed by atoms with Gasteiger partial charge in [0.05, 0.1) is 35.9 Å². The molecular formula is C21H26N4O4. The van der Waals surface area contributed by atoms with E-state index in [1.807, 2.05) is 43.0 Å². The van der Waals surface area contributed by atoms with E-state index in [2.05, 4.69) is 11.1 Å². The molecule has 1 fully saturated rings. The molecule has 0 amide bonds. The summed E-state index contributed by atoms with van der Waals surface area (Å²) in [5.41, 5.74) is 1.64. The minimum Gasteiger partial charge on any atom is -0.459 e. The largest absolute Gasteiger partial charge is 0.459 e. The summed E-state index contributed by atoms with van der Waals surface area (Å²) in [5.74, 6) is -1.32. The van der Waals surface area contributed by atoms with Crippen LogP contribution in [0.4, 0.5) is 5.82 Å². The monoisotopic (exact) mass is 398 g/mol. The van der Waals surface area contributed by atoms with E-state index in [0.717, 1.165) is 0 Å². The predicted molar refractivity (Wildman–Crippen MR) is 108 cm³/mol. The molecule has 0 unspecified atom stereocenters. The number of aromatic nitrogens is 2. The van der Waals surface area contributed by atoms with E-state index in [4.69, 9.17) is 19.2 Å². The molecule has 154 valence electrons. The maximum atomic E-state index is 12.7. The number of nitriles is 1. The van der Waals surface area contributed by atoms with E-state index >= 15 is 0 Å². The summed E-state index contributed by atoms with van der Waals surface area (Å²) in [5, 5.41) is 9.80. The molecule has 1 aromatic carbocycles. The maximum Gasteiger partial charge on any atom is 0.330 e. The van der Waals surface area contributed by atoms with E-state index < -0.39 is 18.0 Å². The molecule has 2 aromatic rings. The van der Waals surface area contributed by atoms with Crippen molar-refractivity contribution < 1.29 is 19.0 Å². The second-order valence-corrected chi connectivity index (χ2v) is 7.35. The molecule has 8 heteroatoms. The van der Waals surface area contributed by atoms with Crippen molar-refractivity contribution in [3.8, 4) is 6.07 Å². The highest BCUT2D eigenvalue weighted by Gasteiger charge is 2.33. The van der Waals surface area contributed by atoms with Crippen molar-refractivity contribution in [2.75, 3.05) is 31.7 Å². The number of ether oxygens (including phenoxy) is 3. The molecule has 3 rings (SSSR count). The van der Waals surface area contributed by atoms with Crippen LogP contribution in [-0.4, -0.2) is 61.1 Å². The van der Waals surface area contributed by atoms with Crippen molar-refractivity contribution in [3.05, 3.63) is 30.0 Å². The summed E-state index contributed by atoms with van der Waals surface area (Å²) in [6.45, 7) is 7.13. The average molecular weight is 398 g/mol. The minimum absolute atomic E-state index is 0.00548. The molecule has 2 heterocycles. The summed E-state index contributed by atoms with van der Waals surface area (Å²) < 4.78 is 16.2. The lowest BCUT2D eigenvalue weighted by Gasteiger charge is -2.37. The topological polar surface area (TPSA) is 97.6 Å². The smallest absolute Gasteiger partial charge is 0.330 e. The maximum absolute atomic E-state index is 12.7. The summed E-state index contributed by atoms with van der Waals surface area (Å²) in [7, 11) is 1.53. The number of hydrogen-bond donors (Lipinski definition) is 0. The summed E-state index contributed by atoms with van der Waals surface area (Å²) >= 11 is 0. The first-order valence-corrected chi connectivity index (χ1v) is 9.69. The highest BCUT2D eigenvalue weighted by molar-refractivity contribution is 5.85. The quantitative estimate of drug-likeness (QED) is 0.685. The van der Waals surface area contributed by atoms with Gasteiger partial charge in [0.1, 0.15) is 11.8 Å². The van der Waals surface area contributed by atoms with Gasteiger partial charge in [-0.25, -0.2) is 9.97 Å². The number of morpholine rings is 1. The molecule has 0 N–H and O–H groups in total. The van der Waals surface area contributed by atoms with Crippen LogP contribution in [0, 0.1) is 11.3 Å². The Kier molecular flexibility index (Phi) is 6.62. The van der Waals surface area contributed by atoms with Crippen molar-refractivity contribution in [1.82, 2.24) is 9.97 Å². The lowest BCUT2D eigenvalue weighted by molar-refractivity contribution is -0.150. The van der Waals surface area contributed by atoms with E-state index in [-0.39, 0.29) is 18.8 Å². The van der Waals surface area contributed by atoms with Crippen molar-refractivity contribution in [2.24, 2.45) is 0 Å². The van der Waals surface area contributed by atoms with Crippen molar-refractivity contribution in [2.45, 2.75) is 45.0 Å². The number of anilines is 1. The molecule has 0 aliphatic carbocycles. The fourth-order valence-corrected chi connectivity index (χ4v) is 3.54. The molecule has 1 aliphatic rings. The van der Waals surface area contributed by atoms with Gasteiger partial charge < -0.3 is 19.1 Å². The molecule has 0 radical (unpaired) electrons. The number of carbonyl (C=O) groups excluding carboxylic acids is 1. The Morgan fingerprint density at radius 3 is 2.48 bits per heavy atom. The van der Waals surface area contributed by atoms with Crippen LogP contribution >= 0.6 is 0 Å². The zero-order chi connectivity index (χ0) is 21.0. The molecular weight excluding hydrogens is 372 g/mol. The van der Waals surface area contributed by atoms with Gasteiger partial charge in [-0.2, -0.15) is 5.26 Å². The molecule has 4 atom stereocenters. The second kappa shape index (κ2) is 9.16. The summed E-state index contributed by atoms with van der Waals surface area (Å²) in [6, 6.07) is 9.46. The molecule has 0 bridgehead atoms. The number of para-hydroxylation sites is 2. The number of esters is 1. The van der Waals surface area contributed by atoms with Gasteiger partial charge in [-0.05, 0) is 32.9 Å². The van der Waals surface area contributed by atoms with Crippen LogP contribution in [0.5, 0.6) is 0 Å². The zero-order valence-electron chi connectivity index (χ0n) is 17.2. The fraction of sp³-hybridized carbons (Fsp3) is 0.524. The number of methoxy groups -OCH3 is 1. The second-order valence-electron chi connectivity index (χ2n) is 7.35. The number of nitrogens with zero attached hydrogens (tertiary/aromatic N) is 4. The molecule has 0 saturated carbocycles. The summed E-state index contributed by atoms with van der Waals surface area (Å²) in [6.07, 6.45) is -0.480. The first-order valence-electron chi connectivity index (χ1n) is 9.69. The van der Waals surface area contributed by atoms with Gasteiger partial charge in [0.25, 0.3) is 0 Å². The number of fused-ring (bicyclic) bond motifs is 1. The molecule has 8 nitrogen and oxygen atoms in total. The number of rotatable bonds is 6. The van der Waals surface area contributed by atoms with Gasteiger partial charge >= 0.3 is 5.97 Å². The highest BCUT2D eigenvalue weighted by atomic mass is 16.6. The third-order valence-electron chi connectivity index (χ3n) is 4.65. The lowest BCUT2D eigenvalue weighted by Crippen LogP contribution is -2.46. The number of benzene rings is 1. The van der Waals surface area contributed by atoms with E-state index in [0.29, 0.717) is 35.6 Å². The molecule has 0 spiro atoms. The Balaban J connectivity index is 2.04. The van der Waals surface area contributed by atoms with Gasteiger partial charge in [-0.3, -0.25) is 4.79 Å². The fourth-order valence-electron chi connectivity index (χ4n) is 3.54. The van der Waals surface area contributed by atoms with Gasteiger partial charge in [0, 0.05) is 20.2 Å². The number of carbonyl (C=O) groups is 1. The molecule has 1 aromatic heterocycles. The SMILES string of the molecule is COC[C@H](C)OC(=O)[C@@H](C#N)c1nc2ccccc2nc1N1C[C@@H](C)O[C@@H](C)C1. The van der Waals surface area contributed by atoms with E-state index in [9.17, 15) is 10.1 Å². The lowest BCUT2D eigenvalue weighted by atomic mass is 10.1. The van der Waals surface area contributed by atoms with Crippen LogP contribution in [0.1, 0.15) is 32.4 Å². The average Bonchev–Trinajstić information content (AvgIpc) is 2.67. The van der Waals surface area contributed by atoms with Crippen LogP contribution in [0.2, 0.25) is 0 Å². The standard InChI is InChI=1S/C21H26N4O4/c1-13-10-25(11-14(2)28-13)20-19(23-17-7-5-6-8-18(17)24-20)16(9-22)21(26)29-15(3)12-27-4/h5-8,13-16H,10-12H2,1-4H3/t13-,14+,15-,16-/m0/s1. The molecule has 29 heavy (non-hydrogen) atoms. The van der Waals surface area contributed by atoms with Gasteiger partial charge in [0.15, 0.2) is 11.7 Å². The minimum atomic E-state index is -1.19.